The molecule has 0 amide bonds. The van der Waals surface area contributed by atoms with Gasteiger partial charge in [-0.3, -0.25) is 0 Å². The highest BCUT2D eigenvalue weighted by atomic mass is 16.1. The van der Waals surface area contributed by atoms with E-state index in [0.29, 0.717) is 11.7 Å². The second-order valence-electron chi connectivity index (χ2n) is 5.30. The Kier molecular flexibility index (Phi) is 3.85. The van der Waals surface area contributed by atoms with E-state index in [0.717, 1.165) is 17.7 Å². The Morgan fingerprint density at radius 2 is 2.16 bits per heavy atom. The minimum absolute atomic E-state index is 0.250. The van der Waals surface area contributed by atoms with Gasteiger partial charge in [-0.1, -0.05) is 26.0 Å². The molecule has 0 unspecified atom stereocenters. The van der Waals surface area contributed by atoms with Crippen molar-refractivity contribution in [3.05, 3.63) is 46.1 Å². The van der Waals surface area contributed by atoms with Crippen LogP contribution in [0.3, 0.4) is 0 Å². The number of H-pyrrole nitrogens is 1. The predicted octanol–water partition coefficient (Wildman–Crippen LogP) is 1.91. The smallest absolute Gasteiger partial charge is 0.321 e. The van der Waals surface area contributed by atoms with Crippen LogP contribution in [-0.2, 0) is 0 Å². The quantitative estimate of drug-likeness (QED) is 0.881. The zero-order chi connectivity index (χ0) is 14.0. The summed E-state index contributed by atoms with van der Waals surface area (Å²) in [7, 11) is 0. The Bertz CT molecular complexity index is 612. The maximum atomic E-state index is 11.9. The third-order valence-corrected chi connectivity index (χ3v) is 3.02. The summed E-state index contributed by atoms with van der Waals surface area (Å²) in [6, 6.07) is 7.49. The molecule has 0 bridgehead atoms. The monoisotopic (exact) mass is 260 g/mol. The van der Waals surface area contributed by atoms with Gasteiger partial charge in [-0.15, -0.1) is 0 Å². The number of aromatic nitrogens is 3. The van der Waals surface area contributed by atoms with Crippen molar-refractivity contribution in [1.29, 1.82) is 0 Å². The summed E-state index contributed by atoms with van der Waals surface area (Å²) in [6.07, 6.45) is 0.788. The maximum Gasteiger partial charge on any atom is 0.347 e. The highest BCUT2D eigenvalue weighted by Gasteiger charge is 2.18. The molecule has 102 valence electrons. The highest BCUT2D eigenvalue weighted by Crippen LogP contribution is 2.18. The summed E-state index contributed by atoms with van der Waals surface area (Å²) in [6.45, 7) is 6.19. The van der Waals surface area contributed by atoms with Crippen molar-refractivity contribution in [1.82, 2.24) is 14.8 Å². The lowest BCUT2D eigenvalue weighted by molar-refractivity contribution is 0.487. The summed E-state index contributed by atoms with van der Waals surface area (Å²) in [5.74, 6) is 1.04. The van der Waals surface area contributed by atoms with E-state index in [9.17, 15) is 4.79 Å². The van der Waals surface area contributed by atoms with Crippen molar-refractivity contribution in [2.75, 3.05) is 0 Å². The fraction of sp³-hybridized carbons (Fsp3) is 0.429. The third-order valence-electron chi connectivity index (χ3n) is 3.02. The molecule has 0 aliphatic heterocycles. The number of nitrogens with zero attached hydrogens (tertiary/aromatic N) is 2. The largest absolute Gasteiger partial charge is 0.347 e. The van der Waals surface area contributed by atoms with Crippen LogP contribution in [0.25, 0.3) is 5.69 Å². The molecule has 2 rings (SSSR count). The Balaban J connectivity index is 2.46. The molecule has 1 aromatic heterocycles. The van der Waals surface area contributed by atoms with Gasteiger partial charge in [-0.05, 0) is 37.0 Å². The molecule has 0 saturated heterocycles. The SMILES string of the molecule is Cc1cccc(-n2c([C@@H](N)CC(C)C)n[nH]c2=O)c1. The van der Waals surface area contributed by atoms with Crippen LogP contribution in [0.5, 0.6) is 0 Å². The summed E-state index contributed by atoms with van der Waals surface area (Å²) in [5, 5.41) is 6.56. The molecule has 0 radical (unpaired) electrons. The van der Waals surface area contributed by atoms with E-state index < -0.39 is 0 Å². The van der Waals surface area contributed by atoms with E-state index in [2.05, 4.69) is 24.0 Å². The number of aryl methyl sites for hydroxylation is 1. The lowest BCUT2D eigenvalue weighted by Gasteiger charge is -2.14. The Morgan fingerprint density at radius 1 is 1.42 bits per heavy atom. The summed E-state index contributed by atoms with van der Waals surface area (Å²) >= 11 is 0. The Morgan fingerprint density at radius 3 is 2.79 bits per heavy atom. The minimum atomic E-state index is -0.250. The van der Waals surface area contributed by atoms with E-state index in [1.807, 2.05) is 31.2 Å². The fourth-order valence-corrected chi connectivity index (χ4v) is 2.19. The van der Waals surface area contributed by atoms with Crippen molar-refractivity contribution < 1.29 is 0 Å². The van der Waals surface area contributed by atoms with Gasteiger partial charge in [0.1, 0.15) is 0 Å². The molecule has 1 aromatic carbocycles. The zero-order valence-electron chi connectivity index (χ0n) is 11.6. The molecule has 0 aliphatic carbocycles. The van der Waals surface area contributed by atoms with Crippen LogP contribution >= 0.6 is 0 Å². The van der Waals surface area contributed by atoms with Crippen LogP contribution < -0.4 is 11.4 Å². The van der Waals surface area contributed by atoms with Crippen molar-refractivity contribution in [3.63, 3.8) is 0 Å². The van der Waals surface area contributed by atoms with E-state index in [1.165, 1.54) is 0 Å². The summed E-state index contributed by atoms with van der Waals surface area (Å²) < 4.78 is 1.56. The number of nitrogens with two attached hydrogens (primary N) is 1. The molecule has 1 heterocycles. The van der Waals surface area contributed by atoms with Gasteiger partial charge in [-0.2, -0.15) is 5.10 Å². The van der Waals surface area contributed by atoms with Crippen molar-refractivity contribution in [2.24, 2.45) is 11.7 Å². The molecule has 5 heteroatoms. The molecular weight excluding hydrogens is 240 g/mol. The molecule has 0 spiro atoms. The summed E-state index contributed by atoms with van der Waals surface area (Å²) in [4.78, 5) is 11.9. The fourth-order valence-electron chi connectivity index (χ4n) is 2.19. The first-order valence-electron chi connectivity index (χ1n) is 6.49. The van der Waals surface area contributed by atoms with Gasteiger partial charge in [0.15, 0.2) is 5.82 Å². The van der Waals surface area contributed by atoms with E-state index in [-0.39, 0.29) is 11.7 Å². The number of hydrogen-bond donors (Lipinski definition) is 2. The Hall–Kier alpha value is -1.88. The number of aromatic amines is 1. The van der Waals surface area contributed by atoms with Crippen molar-refractivity contribution in [2.45, 2.75) is 33.2 Å². The van der Waals surface area contributed by atoms with Gasteiger partial charge in [0, 0.05) is 0 Å². The second kappa shape index (κ2) is 5.40. The molecule has 1 atom stereocenters. The average molecular weight is 260 g/mol. The summed E-state index contributed by atoms with van der Waals surface area (Å²) in [5.41, 5.74) is 7.78. The number of benzene rings is 1. The van der Waals surface area contributed by atoms with Gasteiger partial charge in [0.05, 0.1) is 11.7 Å². The van der Waals surface area contributed by atoms with E-state index >= 15 is 0 Å². The first-order valence-corrected chi connectivity index (χ1v) is 6.49. The van der Waals surface area contributed by atoms with Gasteiger partial charge in [-0.25, -0.2) is 14.5 Å². The lowest BCUT2D eigenvalue weighted by Crippen LogP contribution is -2.23. The van der Waals surface area contributed by atoms with E-state index in [4.69, 9.17) is 5.73 Å². The van der Waals surface area contributed by atoms with Gasteiger partial charge in [0.2, 0.25) is 0 Å². The lowest BCUT2D eigenvalue weighted by atomic mass is 10.0. The van der Waals surface area contributed by atoms with Gasteiger partial charge >= 0.3 is 5.69 Å². The molecule has 0 fully saturated rings. The zero-order valence-corrected chi connectivity index (χ0v) is 11.6. The van der Waals surface area contributed by atoms with E-state index in [1.54, 1.807) is 4.57 Å². The number of rotatable bonds is 4. The first-order chi connectivity index (χ1) is 8.99. The normalized spacial score (nSPS) is 12.9. The van der Waals surface area contributed by atoms with Crippen LogP contribution in [0.15, 0.2) is 29.1 Å². The van der Waals surface area contributed by atoms with Gasteiger partial charge < -0.3 is 5.73 Å². The number of nitrogens with one attached hydrogen (secondary N) is 1. The molecule has 19 heavy (non-hydrogen) atoms. The topological polar surface area (TPSA) is 76.7 Å². The Labute approximate surface area is 112 Å². The van der Waals surface area contributed by atoms with Crippen molar-refractivity contribution >= 4 is 0 Å². The second-order valence-corrected chi connectivity index (χ2v) is 5.30. The molecular formula is C14H20N4O. The number of hydrogen-bond acceptors (Lipinski definition) is 3. The molecule has 3 N–H and O–H groups in total. The van der Waals surface area contributed by atoms with Gasteiger partial charge in [0.25, 0.3) is 0 Å². The average Bonchev–Trinajstić information content (AvgIpc) is 2.70. The van der Waals surface area contributed by atoms with Crippen LogP contribution in [0, 0.1) is 12.8 Å². The highest BCUT2D eigenvalue weighted by molar-refractivity contribution is 5.36. The molecule has 2 aromatic rings. The molecule has 5 nitrogen and oxygen atoms in total. The predicted molar refractivity (Wildman–Crippen MR) is 75.3 cm³/mol. The van der Waals surface area contributed by atoms with Crippen LogP contribution in [0.1, 0.15) is 37.7 Å². The van der Waals surface area contributed by atoms with Crippen molar-refractivity contribution in [3.8, 4) is 5.69 Å². The van der Waals surface area contributed by atoms with Crippen LogP contribution in [-0.4, -0.2) is 14.8 Å². The van der Waals surface area contributed by atoms with Crippen LogP contribution in [0.2, 0.25) is 0 Å². The molecule has 0 saturated carbocycles. The van der Waals surface area contributed by atoms with Crippen LogP contribution in [0.4, 0.5) is 0 Å². The minimum Gasteiger partial charge on any atom is -0.321 e. The molecule has 0 aliphatic rings. The first kappa shape index (κ1) is 13.5. The standard InChI is InChI=1S/C14H20N4O/c1-9(2)7-12(15)13-16-17-14(19)18(13)11-6-4-5-10(3)8-11/h4-6,8-9,12H,7,15H2,1-3H3,(H,17,19)/t12-/m0/s1. The third kappa shape index (κ3) is 2.93. The maximum absolute atomic E-state index is 11.9.